The van der Waals surface area contributed by atoms with Crippen LogP contribution in [0.5, 0.6) is 5.75 Å². The van der Waals surface area contributed by atoms with Crippen LogP contribution in [0.1, 0.15) is 0 Å². The number of pyridine rings is 1. The molecule has 4 aromatic rings. The maximum atomic E-state index is 14.4. The zero-order valence-electron chi connectivity index (χ0n) is 13.5. The molecular weight excluding hydrogens is 372 g/mol. The molecule has 0 bridgehead atoms. The number of para-hydroxylation sites is 1. The number of aromatic hydroxyl groups is 1. The van der Waals surface area contributed by atoms with Gasteiger partial charge in [0.1, 0.15) is 11.6 Å². The van der Waals surface area contributed by atoms with E-state index in [1.165, 1.54) is 6.07 Å². The molecule has 0 spiro atoms. The van der Waals surface area contributed by atoms with Crippen LogP contribution in [0.25, 0.3) is 33.3 Å². The van der Waals surface area contributed by atoms with E-state index in [9.17, 15) is 9.50 Å². The van der Waals surface area contributed by atoms with Gasteiger partial charge >= 0.3 is 0 Å². The Morgan fingerprint density at radius 1 is 0.808 bits per heavy atom. The van der Waals surface area contributed by atoms with Crippen molar-refractivity contribution >= 4 is 34.9 Å². The topological polar surface area (TPSA) is 33.1 Å². The molecule has 4 rings (SSSR count). The van der Waals surface area contributed by atoms with Crippen molar-refractivity contribution in [2.24, 2.45) is 0 Å². The summed E-state index contributed by atoms with van der Waals surface area (Å²) >= 11 is 6.14. The molecular formula is C21H14Cl2FNO. The Balaban J connectivity index is 0.00000196. The van der Waals surface area contributed by atoms with E-state index in [0.29, 0.717) is 32.9 Å². The molecule has 0 saturated heterocycles. The maximum absolute atomic E-state index is 14.4. The molecule has 0 saturated carbocycles. The molecule has 2 nitrogen and oxygen atoms in total. The molecule has 1 N–H and O–H groups in total. The molecule has 0 atom stereocenters. The standard InChI is InChI=1S/C21H13ClFNO.ClH/c22-13-9-10-19-17(11-13)16(14-5-1-3-7-18(14)23)12-20(24-19)15-6-2-4-8-21(15)25;/h1-12,25H;1H. The van der Waals surface area contributed by atoms with Crippen LogP contribution in [0.15, 0.2) is 72.8 Å². The van der Waals surface area contributed by atoms with Crippen molar-refractivity contribution in [3.63, 3.8) is 0 Å². The molecule has 130 valence electrons. The van der Waals surface area contributed by atoms with Gasteiger partial charge in [0.25, 0.3) is 0 Å². The summed E-state index contributed by atoms with van der Waals surface area (Å²) in [6, 6.07) is 20.6. The SMILES string of the molecule is Cl.Oc1ccccc1-c1cc(-c2ccccc2F)c2cc(Cl)ccc2n1. The van der Waals surface area contributed by atoms with E-state index in [0.717, 1.165) is 5.39 Å². The lowest BCUT2D eigenvalue weighted by molar-refractivity contribution is 0.477. The number of hydrogen-bond donors (Lipinski definition) is 1. The minimum atomic E-state index is -0.321. The van der Waals surface area contributed by atoms with Gasteiger partial charge in [0.15, 0.2) is 0 Å². The fourth-order valence-corrected chi connectivity index (χ4v) is 3.10. The summed E-state index contributed by atoms with van der Waals surface area (Å²) in [6.45, 7) is 0. The predicted molar refractivity (Wildman–Crippen MR) is 106 cm³/mol. The van der Waals surface area contributed by atoms with E-state index in [4.69, 9.17) is 11.6 Å². The van der Waals surface area contributed by atoms with Crippen LogP contribution in [0, 0.1) is 5.82 Å². The lowest BCUT2D eigenvalue weighted by Crippen LogP contribution is -1.92. The molecule has 1 heterocycles. The van der Waals surface area contributed by atoms with E-state index in [1.54, 1.807) is 60.7 Å². The van der Waals surface area contributed by atoms with E-state index in [1.807, 2.05) is 6.07 Å². The summed E-state index contributed by atoms with van der Waals surface area (Å²) in [5.41, 5.74) is 3.00. The van der Waals surface area contributed by atoms with Crippen molar-refractivity contribution in [2.45, 2.75) is 0 Å². The monoisotopic (exact) mass is 385 g/mol. The molecule has 0 aliphatic rings. The van der Waals surface area contributed by atoms with Gasteiger partial charge in [-0.05, 0) is 48.0 Å². The Bertz CT molecular complexity index is 1100. The first kappa shape index (κ1) is 18.2. The van der Waals surface area contributed by atoms with Crippen molar-refractivity contribution in [1.82, 2.24) is 4.98 Å². The van der Waals surface area contributed by atoms with Gasteiger partial charge < -0.3 is 5.11 Å². The van der Waals surface area contributed by atoms with Crippen molar-refractivity contribution in [2.75, 3.05) is 0 Å². The normalized spacial score (nSPS) is 10.5. The second kappa shape index (κ2) is 7.32. The smallest absolute Gasteiger partial charge is 0.131 e. The Morgan fingerprint density at radius 3 is 2.23 bits per heavy atom. The number of phenolic OH excluding ortho intramolecular Hbond substituents is 1. The third-order valence-electron chi connectivity index (χ3n) is 4.11. The number of hydrogen-bond acceptors (Lipinski definition) is 2. The number of phenols is 1. The van der Waals surface area contributed by atoms with Crippen LogP contribution in [0.4, 0.5) is 4.39 Å². The molecule has 0 fully saturated rings. The Kier molecular flexibility index (Phi) is 5.12. The molecule has 3 aromatic carbocycles. The molecule has 0 radical (unpaired) electrons. The quantitative estimate of drug-likeness (QED) is 0.427. The summed E-state index contributed by atoms with van der Waals surface area (Å²) in [5, 5.41) is 11.5. The zero-order chi connectivity index (χ0) is 17.4. The van der Waals surface area contributed by atoms with Crippen LogP contribution < -0.4 is 0 Å². The predicted octanol–water partition coefficient (Wildman–Crippen LogP) is 6.49. The first-order valence-corrected chi connectivity index (χ1v) is 8.15. The van der Waals surface area contributed by atoms with Gasteiger partial charge in [0.2, 0.25) is 0 Å². The van der Waals surface area contributed by atoms with Crippen molar-refractivity contribution in [1.29, 1.82) is 0 Å². The minimum absolute atomic E-state index is 0. The number of benzene rings is 3. The summed E-state index contributed by atoms with van der Waals surface area (Å²) in [7, 11) is 0. The number of rotatable bonds is 2. The molecule has 0 unspecified atom stereocenters. The van der Waals surface area contributed by atoms with E-state index < -0.39 is 0 Å². The van der Waals surface area contributed by atoms with Crippen molar-refractivity contribution in [3.05, 3.63) is 83.6 Å². The fourth-order valence-electron chi connectivity index (χ4n) is 2.93. The third kappa shape index (κ3) is 3.24. The largest absolute Gasteiger partial charge is 0.507 e. The Hall–Kier alpha value is -2.62. The van der Waals surface area contributed by atoms with Gasteiger partial charge in [-0.1, -0.05) is 41.9 Å². The molecule has 0 aliphatic heterocycles. The lowest BCUT2D eigenvalue weighted by Gasteiger charge is -2.12. The average molecular weight is 386 g/mol. The highest BCUT2D eigenvalue weighted by Gasteiger charge is 2.14. The highest BCUT2D eigenvalue weighted by atomic mass is 35.5. The molecule has 26 heavy (non-hydrogen) atoms. The van der Waals surface area contributed by atoms with Gasteiger partial charge in [-0.15, -0.1) is 12.4 Å². The van der Waals surface area contributed by atoms with Gasteiger partial charge in [-0.3, -0.25) is 0 Å². The van der Waals surface area contributed by atoms with Gasteiger partial charge in [0, 0.05) is 21.5 Å². The number of halogens is 3. The Labute approximate surface area is 161 Å². The molecule has 1 aromatic heterocycles. The summed E-state index contributed by atoms with van der Waals surface area (Å²) in [4.78, 5) is 4.62. The van der Waals surface area contributed by atoms with Gasteiger partial charge in [0.05, 0.1) is 11.2 Å². The van der Waals surface area contributed by atoms with E-state index in [-0.39, 0.29) is 24.0 Å². The highest BCUT2D eigenvalue weighted by Crippen LogP contribution is 2.36. The second-order valence-electron chi connectivity index (χ2n) is 5.71. The maximum Gasteiger partial charge on any atom is 0.131 e. The molecule has 5 heteroatoms. The second-order valence-corrected chi connectivity index (χ2v) is 6.15. The van der Waals surface area contributed by atoms with E-state index >= 15 is 0 Å². The van der Waals surface area contributed by atoms with Crippen LogP contribution in [-0.2, 0) is 0 Å². The van der Waals surface area contributed by atoms with Crippen molar-refractivity contribution in [3.8, 4) is 28.1 Å². The van der Waals surface area contributed by atoms with Crippen LogP contribution in [0.3, 0.4) is 0 Å². The lowest BCUT2D eigenvalue weighted by atomic mass is 9.97. The summed E-state index contributed by atoms with van der Waals surface area (Å²) in [6.07, 6.45) is 0. The first-order chi connectivity index (χ1) is 12.1. The highest BCUT2D eigenvalue weighted by molar-refractivity contribution is 6.31. The van der Waals surface area contributed by atoms with Gasteiger partial charge in [-0.25, -0.2) is 9.37 Å². The molecule has 0 amide bonds. The fraction of sp³-hybridized carbons (Fsp3) is 0. The minimum Gasteiger partial charge on any atom is -0.507 e. The molecule has 0 aliphatic carbocycles. The average Bonchev–Trinajstić information content (AvgIpc) is 2.62. The number of nitrogens with zero attached hydrogens (tertiary/aromatic N) is 1. The van der Waals surface area contributed by atoms with Crippen molar-refractivity contribution < 1.29 is 9.50 Å². The van der Waals surface area contributed by atoms with Crippen LogP contribution >= 0.6 is 24.0 Å². The number of fused-ring (bicyclic) bond motifs is 1. The third-order valence-corrected chi connectivity index (χ3v) is 4.35. The number of aromatic nitrogens is 1. The Morgan fingerprint density at radius 2 is 1.50 bits per heavy atom. The summed E-state index contributed by atoms with van der Waals surface area (Å²) in [5.74, 6) is -0.194. The summed E-state index contributed by atoms with van der Waals surface area (Å²) < 4.78 is 14.4. The zero-order valence-corrected chi connectivity index (χ0v) is 15.1. The van der Waals surface area contributed by atoms with Gasteiger partial charge in [-0.2, -0.15) is 0 Å². The van der Waals surface area contributed by atoms with E-state index in [2.05, 4.69) is 4.98 Å². The van der Waals surface area contributed by atoms with Crippen LogP contribution in [0.2, 0.25) is 5.02 Å². The van der Waals surface area contributed by atoms with Crippen LogP contribution in [-0.4, -0.2) is 10.1 Å². The first-order valence-electron chi connectivity index (χ1n) is 7.77.